The molecule has 0 unspecified atom stereocenters. The number of aliphatic hydroxyl groups excluding tert-OH is 1. The van der Waals surface area contributed by atoms with Gasteiger partial charge in [0, 0.05) is 32.4 Å². The van der Waals surface area contributed by atoms with E-state index in [9.17, 15) is 18.0 Å². The van der Waals surface area contributed by atoms with E-state index in [4.69, 9.17) is 9.84 Å². The summed E-state index contributed by atoms with van der Waals surface area (Å²) in [5.74, 6) is 0.135. The highest BCUT2D eigenvalue weighted by Gasteiger charge is 2.37. The monoisotopic (exact) mass is 409 g/mol. The Morgan fingerprint density at radius 3 is 2.69 bits per heavy atom. The average molecular weight is 409 g/mol. The van der Waals surface area contributed by atoms with Crippen LogP contribution >= 0.6 is 0 Å². The first-order valence-electron chi connectivity index (χ1n) is 9.15. The van der Waals surface area contributed by atoms with Crippen LogP contribution in [-0.4, -0.2) is 53.7 Å². The van der Waals surface area contributed by atoms with Gasteiger partial charge in [-0.2, -0.15) is 13.2 Å². The number of amides is 1. The predicted octanol–water partition coefficient (Wildman–Crippen LogP) is 2.71. The number of alkyl halides is 3. The lowest BCUT2D eigenvalue weighted by Crippen LogP contribution is -2.39. The maximum Gasteiger partial charge on any atom is 0.419 e. The number of halogens is 3. The van der Waals surface area contributed by atoms with Crippen LogP contribution in [0, 0.1) is 0 Å². The number of aromatic nitrogens is 1. The van der Waals surface area contributed by atoms with Gasteiger partial charge in [0.1, 0.15) is 11.6 Å². The lowest BCUT2D eigenvalue weighted by molar-refractivity contribution is -0.137. The second-order valence-electron chi connectivity index (χ2n) is 6.86. The van der Waals surface area contributed by atoms with Crippen LogP contribution in [0.3, 0.4) is 0 Å². The molecule has 0 spiro atoms. The molecule has 0 radical (unpaired) electrons. The molecule has 1 aromatic heterocycles. The zero-order valence-electron chi connectivity index (χ0n) is 15.9. The first kappa shape index (κ1) is 20.9. The highest BCUT2D eigenvalue weighted by Crippen LogP contribution is 2.36. The Labute approximate surface area is 166 Å². The molecule has 156 valence electrons. The van der Waals surface area contributed by atoms with Crippen LogP contribution in [0.2, 0.25) is 0 Å². The van der Waals surface area contributed by atoms with E-state index in [1.54, 1.807) is 36.2 Å². The van der Waals surface area contributed by atoms with E-state index < -0.39 is 11.7 Å². The smallest absolute Gasteiger partial charge is 0.419 e. The van der Waals surface area contributed by atoms with Crippen molar-refractivity contribution in [1.82, 2.24) is 9.88 Å². The number of rotatable bonds is 6. The van der Waals surface area contributed by atoms with E-state index in [1.165, 1.54) is 17.2 Å². The fourth-order valence-corrected chi connectivity index (χ4v) is 3.28. The van der Waals surface area contributed by atoms with Crippen LogP contribution in [0.15, 0.2) is 42.6 Å². The third-order valence-electron chi connectivity index (χ3n) is 4.96. The first-order valence-corrected chi connectivity index (χ1v) is 9.15. The Bertz CT molecular complexity index is 843. The van der Waals surface area contributed by atoms with E-state index in [-0.39, 0.29) is 31.0 Å². The van der Waals surface area contributed by atoms with E-state index in [2.05, 4.69) is 4.98 Å². The lowest BCUT2D eigenvalue weighted by Gasteiger charge is -2.28. The number of ether oxygens (including phenoxy) is 1. The molecule has 2 aromatic rings. The molecule has 1 amide bonds. The number of pyridine rings is 1. The molecular formula is C20H22F3N3O3. The predicted molar refractivity (Wildman–Crippen MR) is 100 cm³/mol. The van der Waals surface area contributed by atoms with E-state index in [0.29, 0.717) is 25.3 Å². The summed E-state index contributed by atoms with van der Waals surface area (Å²) in [5.41, 5.74) is -0.0521. The molecule has 0 bridgehead atoms. The summed E-state index contributed by atoms with van der Waals surface area (Å²) in [4.78, 5) is 19.4. The van der Waals surface area contributed by atoms with Crippen molar-refractivity contribution in [3.63, 3.8) is 0 Å². The maximum atomic E-state index is 13.2. The molecule has 0 saturated carbocycles. The normalized spacial score (nSPS) is 16.7. The van der Waals surface area contributed by atoms with E-state index in [1.807, 2.05) is 0 Å². The largest absolute Gasteiger partial charge is 0.484 e. The van der Waals surface area contributed by atoms with Crippen LogP contribution in [0.4, 0.5) is 19.0 Å². The Hall–Kier alpha value is -2.81. The van der Waals surface area contributed by atoms with Gasteiger partial charge in [-0.05, 0) is 36.2 Å². The number of hydrogen-bond acceptors (Lipinski definition) is 5. The van der Waals surface area contributed by atoms with Gasteiger partial charge in [-0.25, -0.2) is 4.98 Å². The Kier molecular flexibility index (Phi) is 6.26. The van der Waals surface area contributed by atoms with Gasteiger partial charge in [-0.15, -0.1) is 0 Å². The Balaban J connectivity index is 1.58. The standard InChI is InChI=1S/C20H22F3N3O3/c1-25(19-17(20(21,22)23)3-2-9-24-19)15-8-10-26(11-15)18(28)13-29-16-6-4-14(12-27)5-7-16/h2-7,9,15,27H,8,10-13H2,1H3/t15-/m0/s1. The molecule has 3 rings (SSSR count). The van der Waals surface area contributed by atoms with Crippen molar-refractivity contribution in [3.05, 3.63) is 53.7 Å². The molecule has 1 aliphatic heterocycles. The summed E-state index contributed by atoms with van der Waals surface area (Å²) >= 11 is 0. The van der Waals surface area contributed by atoms with Gasteiger partial charge >= 0.3 is 6.18 Å². The molecule has 1 N–H and O–H groups in total. The molecule has 9 heteroatoms. The number of likely N-dealkylation sites (N-methyl/N-ethyl adjacent to an activating group) is 1. The van der Waals surface area contributed by atoms with Crippen molar-refractivity contribution in [2.75, 3.05) is 31.6 Å². The molecule has 6 nitrogen and oxygen atoms in total. The first-order chi connectivity index (χ1) is 13.8. The third-order valence-corrected chi connectivity index (χ3v) is 4.96. The number of nitrogens with zero attached hydrogens (tertiary/aromatic N) is 3. The van der Waals surface area contributed by atoms with Crippen molar-refractivity contribution in [2.45, 2.75) is 25.2 Å². The van der Waals surface area contributed by atoms with Crippen molar-refractivity contribution < 1.29 is 27.8 Å². The third kappa shape index (κ3) is 4.97. The fraction of sp³-hybridized carbons (Fsp3) is 0.400. The highest BCUT2D eigenvalue weighted by atomic mass is 19.4. The summed E-state index contributed by atoms with van der Waals surface area (Å²) in [6.45, 7) is 0.505. The van der Waals surface area contributed by atoms with Gasteiger partial charge in [-0.3, -0.25) is 4.79 Å². The maximum absolute atomic E-state index is 13.2. The number of aliphatic hydroxyl groups is 1. The number of hydrogen-bond donors (Lipinski definition) is 1. The topological polar surface area (TPSA) is 65.9 Å². The molecule has 1 aromatic carbocycles. The van der Waals surface area contributed by atoms with Crippen molar-refractivity contribution in [1.29, 1.82) is 0 Å². The summed E-state index contributed by atoms with van der Waals surface area (Å²) in [6.07, 6.45) is -2.62. The number of anilines is 1. The Morgan fingerprint density at radius 2 is 2.03 bits per heavy atom. The fourth-order valence-electron chi connectivity index (χ4n) is 3.28. The molecule has 29 heavy (non-hydrogen) atoms. The van der Waals surface area contributed by atoms with Crippen LogP contribution in [0.1, 0.15) is 17.5 Å². The number of carbonyl (C=O) groups excluding carboxylic acids is 1. The van der Waals surface area contributed by atoms with Gasteiger partial charge in [0.25, 0.3) is 5.91 Å². The molecule has 1 saturated heterocycles. The minimum atomic E-state index is -4.49. The van der Waals surface area contributed by atoms with Crippen molar-refractivity contribution in [2.24, 2.45) is 0 Å². The van der Waals surface area contributed by atoms with Gasteiger partial charge in [-0.1, -0.05) is 12.1 Å². The molecule has 1 fully saturated rings. The number of benzene rings is 1. The Morgan fingerprint density at radius 1 is 1.31 bits per heavy atom. The summed E-state index contributed by atoms with van der Waals surface area (Å²) in [6, 6.07) is 8.73. The van der Waals surface area contributed by atoms with Gasteiger partial charge < -0.3 is 19.6 Å². The van der Waals surface area contributed by atoms with Crippen LogP contribution < -0.4 is 9.64 Å². The summed E-state index contributed by atoms with van der Waals surface area (Å²) in [7, 11) is 1.56. The van der Waals surface area contributed by atoms with Crippen LogP contribution in [0.5, 0.6) is 5.75 Å². The lowest BCUT2D eigenvalue weighted by atomic mass is 10.2. The molecule has 2 heterocycles. The molecule has 1 atom stereocenters. The summed E-state index contributed by atoms with van der Waals surface area (Å²) < 4.78 is 45.2. The minimum Gasteiger partial charge on any atom is -0.484 e. The zero-order chi connectivity index (χ0) is 21.0. The quantitative estimate of drug-likeness (QED) is 0.795. The number of likely N-dealkylation sites (tertiary alicyclic amines) is 1. The zero-order valence-corrected chi connectivity index (χ0v) is 15.9. The number of carbonyl (C=O) groups is 1. The summed E-state index contributed by atoms with van der Waals surface area (Å²) in [5, 5.41) is 9.03. The van der Waals surface area contributed by atoms with Gasteiger partial charge in [0.15, 0.2) is 6.61 Å². The van der Waals surface area contributed by atoms with E-state index >= 15 is 0 Å². The molecular weight excluding hydrogens is 387 g/mol. The second-order valence-corrected chi connectivity index (χ2v) is 6.86. The van der Waals surface area contributed by atoms with Crippen molar-refractivity contribution >= 4 is 11.7 Å². The average Bonchev–Trinajstić information content (AvgIpc) is 3.21. The molecule has 0 aliphatic carbocycles. The van der Waals surface area contributed by atoms with Crippen LogP contribution in [-0.2, 0) is 17.6 Å². The SMILES string of the molecule is CN(c1ncccc1C(F)(F)F)[C@H]1CCN(C(=O)COc2ccc(CO)cc2)C1. The molecule has 1 aliphatic rings. The highest BCUT2D eigenvalue weighted by molar-refractivity contribution is 5.78. The van der Waals surface area contributed by atoms with Crippen LogP contribution in [0.25, 0.3) is 0 Å². The second kappa shape index (κ2) is 8.69. The van der Waals surface area contributed by atoms with Crippen molar-refractivity contribution in [3.8, 4) is 5.75 Å². The minimum absolute atomic E-state index is 0.0752. The van der Waals surface area contributed by atoms with E-state index in [0.717, 1.165) is 11.6 Å². The van der Waals surface area contributed by atoms with Gasteiger partial charge in [0.05, 0.1) is 12.2 Å². The van der Waals surface area contributed by atoms with Gasteiger partial charge in [0.2, 0.25) is 0 Å².